The summed E-state index contributed by atoms with van der Waals surface area (Å²) in [5.41, 5.74) is 0.627. The number of furan rings is 1. The first kappa shape index (κ1) is 10.0. The Bertz CT molecular complexity index is 627. The summed E-state index contributed by atoms with van der Waals surface area (Å²) in [5, 5.41) is 14.6. The number of fused-ring (bicyclic) bond motifs is 1. The molecule has 15 heavy (non-hydrogen) atoms. The molecule has 0 aliphatic rings. The number of phenols is 1. The van der Waals surface area contributed by atoms with Crippen LogP contribution in [0.15, 0.2) is 27.7 Å². The number of phenolic OH excluding ortho intramolecular Hbond substituents is 1. The summed E-state index contributed by atoms with van der Waals surface area (Å²) >= 11 is 0. The molecule has 6 heteroatoms. The first-order valence-corrected chi connectivity index (χ1v) is 5.70. The van der Waals surface area contributed by atoms with Gasteiger partial charge in [-0.2, -0.15) is 0 Å². The molecule has 0 aliphatic heterocycles. The van der Waals surface area contributed by atoms with Crippen LogP contribution in [0.5, 0.6) is 5.75 Å². The molecule has 0 spiro atoms. The lowest BCUT2D eigenvalue weighted by Gasteiger charge is -1.94. The van der Waals surface area contributed by atoms with Crippen LogP contribution in [0.2, 0.25) is 0 Å². The molecule has 0 aliphatic carbocycles. The zero-order chi connectivity index (χ0) is 11.2. The van der Waals surface area contributed by atoms with E-state index in [1.807, 2.05) is 0 Å². The van der Waals surface area contributed by atoms with Gasteiger partial charge in [0.05, 0.1) is 5.39 Å². The molecule has 1 aromatic carbocycles. The van der Waals surface area contributed by atoms with Gasteiger partial charge < -0.3 is 9.52 Å². The summed E-state index contributed by atoms with van der Waals surface area (Å²) in [5.74, 6) is -0.0244. The standard InChI is InChI=1S/C9H9NO4S/c1-5-8-6(11)3-2-4-7(8)14-9(5)15(10,12)13/h2-4,11H,1H3,(H2,10,12,13). The second-order valence-corrected chi connectivity index (χ2v) is 4.67. The van der Waals surface area contributed by atoms with Gasteiger partial charge in [-0.25, -0.2) is 13.6 Å². The third-order valence-electron chi connectivity index (χ3n) is 2.15. The Morgan fingerprint density at radius 1 is 1.40 bits per heavy atom. The molecule has 0 bridgehead atoms. The van der Waals surface area contributed by atoms with Gasteiger partial charge in [-0.05, 0) is 19.1 Å². The maximum Gasteiger partial charge on any atom is 0.271 e. The van der Waals surface area contributed by atoms with Gasteiger partial charge in [-0.3, -0.25) is 0 Å². The Kier molecular flexibility index (Phi) is 1.99. The number of sulfonamides is 1. The Balaban J connectivity index is 2.94. The lowest BCUT2D eigenvalue weighted by molar-refractivity contribution is 0.475. The zero-order valence-electron chi connectivity index (χ0n) is 7.89. The Hall–Kier alpha value is -1.53. The van der Waals surface area contributed by atoms with Crippen LogP contribution in [-0.4, -0.2) is 13.5 Å². The van der Waals surface area contributed by atoms with Crippen molar-refractivity contribution >= 4 is 21.0 Å². The predicted molar refractivity (Wildman–Crippen MR) is 54.0 cm³/mol. The molecule has 3 N–H and O–H groups in total. The van der Waals surface area contributed by atoms with E-state index in [1.165, 1.54) is 13.0 Å². The van der Waals surface area contributed by atoms with Crippen LogP contribution in [0.3, 0.4) is 0 Å². The van der Waals surface area contributed by atoms with Gasteiger partial charge in [-0.1, -0.05) is 6.07 Å². The maximum atomic E-state index is 11.1. The van der Waals surface area contributed by atoms with Gasteiger partial charge in [0.2, 0.25) is 5.09 Å². The lowest BCUT2D eigenvalue weighted by atomic mass is 10.2. The van der Waals surface area contributed by atoms with Gasteiger partial charge in [0.1, 0.15) is 11.3 Å². The van der Waals surface area contributed by atoms with Crippen molar-refractivity contribution in [1.29, 1.82) is 0 Å². The molecule has 0 amide bonds. The van der Waals surface area contributed by atoms with Crippen molar-refractivity contribution in [2.75, 3.05) is 0 Å². The third-order valence-corrected chi connectivity index (χ3v) is 3.05. The van der Waals surface area contributed by atoms with Crippen LogP contribution >= 0.6 is 0 Å². The first-order chi connectivity index (χ1) is 6.91. The average Bonchev–Trinajstić information content (AvgIpc) is 2.44. The van der Waals surface area contributed by atoms with Crippen molar-refractivity contribution in [3.63, 3.8) is 0 Å². The minimum absolute atomic E-state index is 0.0244. The number of hydrogen-bond donors (Lipinski definition) is 2. The smallest absolute Gasteiger partial charge is 0.271 e. The van der Waals surface area contributed by atoms with Crippen molar-refractivity contribution in [2.45, 2.75) is 12.0 Å². The highest BCUT2D eigenvalue weighted by molar-refractivity contribution is 7.89. The number of hydrogen-bond acceptors (Lipinski definition) is 4. The summed E-state index contributed by atoms with van der Waals surface area (Å²) in [6.45, 7) is 1.53. The highest BCUT2D eigenvalue weighted by atomic mass is 32.2. The topological polar surface area (TPSA) is 93.5 Å². The van der Waals surface area contributed by atoms with Crippen molar-refractivity contribution in [3.8, 4) is 5.75 Å². The van der Waals surface area contributed by atoms with Crippen molar-refractivity contribution in [2.24, 2.45) is 5.14 Å². The van der Waals surface area contributed by atoms with E-state index in [0.29, 0.717) is 16.5 Å². The number of aromatic hydroxyl groups is 1. The summed E-state index contributed by atoms with van der Waals surface area (Å²) in [7, 11) is -3.89. The molecule has 2 rings (SSSR count). The van der Waals surface area contributed by atoms with Gasteiger partial charge in [0.25, 0.3) is 10.0 Å². The fourth-order valence-corrected chi connectivity index (χ4v) is 2.27. The molecule has 2 aromatic rings. The molecule has 1 heterocycles. The molecule has 1 aromatic heterocycles. The zero-order valence-corrected chi connectivity index (χ0v) is 8.71. The second-order valence-electron chi connectivity index (χ2n) is 3.21. The van der Waals surface area contributed by atoms with Crippen LogP contribution in [0.1, 0.15) is 5.56 Å². The normalized spacial score (nSPS) is 12.1. The van der Waals surface area contributed by atoms with E-state index in [0.717, 1.165) is 0 Å². The average molecular weight is 227 g/mol. The number of rotatable bonds is 1. The van der Waals surface area contributed by atoms with Crippen LogP contribution < -0.4 is 5.14 Å². The van der Waals surface area contributed by atoms with Crippen LogP contribution in [0.25, 0.3) is 11.0 Å². The molecule has 0 unspecified atom stereocenters. The van der Waals surface area contributed by atoms with E-state index in [1.54, 1.807) is 12.1 Å². The van der Waals surface area contributed by atoms with Crippen LogP contribution in [-0.2, 0) is 10.0 Å². The first-order valence-electron chi connectivity index (χ1n) is 4.15. The minimum atomic E-state index is -3.89. The van der Waals surface area contributed by atoms with E-state index < -0.39 is 10.0 Å². The SMILES string of the molecule is Cc1c(S(N)(=O)=O)oc2cccc(O)c12. The monoisotopic (exact) mass is 227 g/mol. The number of primary sulfonamides is 1. The van der Waals surface area contributed by atoms with E-state index in [4.69, 9.17) is 9.56 Å². The van der Waals surface area contributed by atoms with Crippen LogP contribution in [0.4, 0.5) is 0 Å². The molecule has 0 atom stereocenters. The van der Waals surface area contributed by atoms with Gasteiger partial charge in [0.15, 0.2) is 0 Å². The molecule has 0 saturated heterocycles. The molecule has 0 fully saturated rings. The van der Waals surface area contributed by atoms with Gasteiger partial charge in [0, 0.05) is 5.56 Å². The summed E-state index contributed by atoms with van der Waals surface area (Å²) in [4.78, 5) is 0. The number of benzene rings is 1. The van der Waals surface area contributed by atoms with Gasteiger partial charge >= 0.3 is 0 Å². The van der Waals surface area contributed by atoms with Gasteiger partial charge in [-0.15, -0.1) is 0 Å². The molecule has 0 radical (unpaired) electrons. The number of nitrogens with two attached hydrogens (primary N) is 1. The molecule has 5 nitrogen and oxygen atoms in total. The summed E-state index contributed by atoms with van der Waals surface area (Å²) in [6.07, 6.45) is 0. The Labute approximate surface area is 86.2 Å². The minimum Gasteiger partial charge on any atom is -0.507 e. The van der Waals surface area contributed by atoms with E-state index >= 15 is 0 Å². The van der Waals surface area contributed by atoms with Crippen molar-refractivity contribution < 1.29 is 17.9 Å². The second kappa shape index (κ2) is 2.98. The number of aryl methyl sites for hydroxylation is 1. The Morgan fingerprint density at radius 2 is 2.07 bits per heavy atom. The fraction of sp³-hybridized carbons (Fsp3) is 0.111. The summed E-state index contributed by atoms with van der Waals surface area (Å²) in [6, 6.07) is 4.59. The molecular weight excluding hydrogens is 218 g/mol. The van der Waals surface area contributed by atoms with E-state index in [2.05, 4.69) is 0 Å². The fourth-order valence-electron chi connectivity index (χ4n) is 1.53. The van der Waals surface area contributed by atoms with E-state index in [9.17, 15) is 13.5 Å². The predicted octanol–water partition coefficient (Wildman–Crippen LogP) is 1.09. The largest absolute Gasteiger partial charge is 0.507 e. The molecule has 0 saturated carbocycles. The molecular formula is C9H9NO4S. The quantitative estimate of drug-likeness (QED) is 0.762. The van der Waals surface area contributed by atoms with E-state index in [-0.39, 0.29) is 10.8 Å². The maximum absolute atomic E-state index is 11.1. The molecule has 80 valence electrons. The third kappa shape index (κ3) is 1.47. The highest BCUT2D eigenvalue weighted by Crippen LogP contribution is 2.33. The van der Waals surface area contributed by atoms with Crippen molar-refractivity contribution in [3.05, 3.63) is 23.8 Å². The lowest BCUT2D eigenvalue weighted by Crippen LogP contribution is -2.12. The van der Waals surface area contributed by atoms with Crippen LogP contribution in [0, 0.1) is 6.92 Å². The summed E-state index contributed by atoms with van der Waals surface area (Å²) < 4.78 is 27.3. The highest BCUT2D eigenvalue weighted by Gasteiger charge is 2.21. The Morgan fingerprint density at radius 3 is 2.60 bits per heavy atom. The van der Waals surface area contributed by atoms with Crippen molar-refractivity contribution in [1.82, 2.24) is 0 Å².